The third-order valence-electron chi connectivity index (χ3n) is 3.90. The van der Waals surface area contributed by atoms with Crippen molar-refractivity contribution in [2.24, 2.45) is 0 Å². The molecule has 7 nitrogen and oxygen atoms in total. The van der Waals surface area contributed by atoms with Gasteiger partial charge in [0, 0.05) is 17.0 Å². The molecule has 0 fully saturated rings. The fourth-order valence-electron chi connectivity index (χ4n) is 2.41. The Balaban J connectivity index is 1.43. The van der Waals surface area contributed by atoms with E-state index in [9.17, 15) is 9.59 Å². The summed E-state index contributed by atoms with van der Waals surface area (Å²) in [6.45, 7) is 2.46. The first-order chi connectivity index (χ1) is 14.1. The summed E-state index contributed by atoms with van der Waals surface area (Å²) >= 11 is 2.93. The number of anilines is 1. The van der Waals surface area contributed by atoms with Gasteiger partial charge in [0.1, 0.15) is 5.82 Å². The second-order valence-corrected chi connectivity index (χ2v) is 8.20. The Morgan fingerprint density at radius 1 is 1.24 bits per heavy atom. The SMILES string of the molecule is CCCCOC(=O)c1ccc(NC(=O)CSc2n[nH]c(Cc3cccs3)n2)cc1. The zero-order chi connectivity index (χ0) is 20.5. The minimum absolute atomic E-state index is 0.169. The van der Waals surface area contributed by atoms with Gasteiger partial charge >= 0.3 is 5.97 Å². The van der Waals surface area contributed by atoms with Gasteiger partial charge in [0.25, 0.3) is 0 Å². The van der Waals surface area contributed by atoms with Crippen LogP contribution in [-0.4, -0.2) is 39.4 Å². The Labute approximate surface area is 177 Å². The number of nitrogens with zero attached hydrogens (tertiary/aromatic N) is 2. The molecular weight excluding hydrogens is 408 g/mol. The van der Waals surface area contributed by atoms with Gasteiger partial charge in [-0.1, -0.05) is 31.2 Å². The number of aromatic nitrogens is 3. The summed E-state index contributed by atoms with van der Waals surface area (Å²) in [5.41, 5.74) is 1.08. The Kier molecular flexibility index (Phi) is 7.83. The summed E-state index contributed by atoms with van der Waals surface area (Å²) in [4.78, 5) is 29.6. The Morgan fingerprint density at radius 3 is 2.79 bits per heavy atom. The van der Waals surface area contributed by atoms with Crippen LogP contribution >= 0.6 is 23.1 Å². The summed E-state index contributed by atoms with van der Waals surface area (Å²) in [7, 11) is 0. The zero-order valence-corrected chi connectivity index (χ0v) is 17.6. The largest absolute Gasteiger partial charge is 0.462 e. The topological polar surface area (TPSA) is 97.0 Å². The fraction of sp³-hybridized carbons (Fsp3) is 0.300. The van der Waals surface area contributed by atoms with Crippen molar-refractivity contribution < 1.29 is 14.3 Å². The number of hydrogen-bond donors (Lipinski definition) is 2. The van der Waals surface area contributed by atoms with E-state index in [1.165, 1.54) is 16.6 Å². The van der Waals surface area contributed by atoms with Crippen LogP contribution in [0.25, 0.3) is 0 Å². The predicted molar refractivity (Wildman–Crippen MR) is 114 cm³/mol. The van der Waals surface area contributed by atoms with Crippen LogP contribution in [0.2, 0.25) is 0 Å². The summed E-state index contributed by atoms with van der Waals surface area (Å²) in [5.74, 6) is 0.446. The Bertz CT molecular complexity index is 924. The van der Waals surface area contributed by atoms with Crippen LogP contribution in [0, 0.1) is 0 Å². The van der Waals surface area contributed by atoms with E-state index in [0.717, 1.165) is 18.7 Å². The smallest absolute Gasteiger partial charge is 0.338 e. The van der Waals surface area contributed by atoms with Crippen molar-refractivity contribution in [3.05, 3.63) is 58.0 Å². The second kappa shape index (κ2) is 10.8. The van der Waals surface area contributed by atoms with Gasteiger partial charge in [0.05, 0.1) is 17.9 Å². The molecule has 0 saturated carbocycles. The van der Waals surface area contributed by atoms with E-state index in [1.54, 1.807) is 35.6 Å². The number of unbranched alkanes of at least 4 members (excludes halogenated alkanes) is 1. The number of aromatic amines is 1. The van der Waals surface area contributed by atoms with Gasteiger partial charge in [-0.25, -0.2) is 9.78 Å². The normalized spacial score (nSPS) is 10.7. The molecule has 0 unspecified atom stereocenters. The first-order valence-corrected chi connectivity index (χ1v) is 11.1. The van der Waals surface area contributed by atoms with E-state index < -0.39 is 0 Å². The number of esters is 1. The molecule has 1 amide bonds. The van der Waals surface area contributed by atoms with Gasteiger partial charge < -0.3 is 10.1 Å². The highest BCUT2D eigenvalue weighted by Crippen LogP contribution is 2.17. The standard InChI is InChI=1S/C20H22N4O3S2/c1-2-3-10-27-19(26)14-6-8-15(9-7-14)21-18(25)13-29-20-22-17(23-24-20)12-16-5-4-11-28-16/h4-9,11H,2-3,10,12-13H2,1H3,(H,21,25)(H,22,23,24). The van der Waals surface area contributed by atoms with E-state index >= 15 is 0 Å². The minimum atomic E-state index is -0.352. The van der Waals surface area contributed by atoms with Crippen LogP contribution in [0.15, 0.2) is 46.9 Å². The molecule has 2 heterocycles. The van der Waals surface area contributed by atoms with Crippen LogP contribution in [-0.2, 0) is 16.0 Å². The third-order valence-corrected chi connectivity index (χ3v) is 5.62. The van der Waals surface area contributed by atoms with Crippen LogP contribution in [0.4, 0.5) is 5.69 Å². The molecule has 0 bridgehead atoms. The second-order valence-electron chi connectivity index (χ2n) is 6.22. The molecule has 3 aromatic rings. The third kappa shape index (κ3) is 6.72. The minimum Gasteiger partial charge on any atom is -0.462 e. The molecule has 29 heavy (non-hydrogen) atoms. The van der Waals surface area contributed by atoms with Crippen LogP contribution in [0.1, 0.15) is 40.8 Å². The van der Waals surface area contributed by atoms with Crippen molar-refractivity contribution in [3.8, 4) is 0 Å². The highest BCUT2D eigenvalue weighted by molar-refractivity contribution is 7.99. The van der Waals surface area contributed by atoms with Gasteiger partial charge in [-0.15, -0.1) is 16.4 Å². The van der Waals surface area contributed by atoms with E-state index in [1.807, 2.05) is 24.4 Å². The molecule has 0 radical (unpaired) electrons. The Morgan fingerprint density at radius 2 is 2.07 bits per heavy atom. The summed E-state index contributed by atoms with van der Waals surface area (Å²) < 4.78 is 5.17. The maximum atomic E-state index is 12.2. The number of hydrogen-bond acceptors (Lipinski definition) is 7. The molecule has 0 atom stereocenters. The first-order valence-electron chi connectivity index (χ1n) is 9.27. The van der Waals surface area contributed by atoms with Crippen molar-refractivity contribution in [2.45, 2.75) is 31.3 Å². The van der Waals surface area contributed by atoms with Crippen molar-refractivity contribution in [2.75, 3.05) is 17.7 Å². The molecular formula is C20H22N4O3S2. The summed E-state index contributed by atoms with van der Waals surface area (Å²) in [6.07, 6.45) is 2.52. The zero-order valence-electron chi connectivity index (χ0n) is 16.0. The van der Waals surface area contributed by atoms with E-state index in [4.69, 9.17) is 4.74 Å². The van der Waals surface area contributed by atoms with E-state index in [2.05, 4.69) is 20.5 Å². The number of carbonyl (C=O) groups is 2. The first kappa shape index (κ1) is 21.1. The van der Waals surface area contributed by atoms with Gasteiger partial charge in [0.2, 0.25) is 11.1 Å². The predicted octanol–water partition coefficient (Wildman–Crippen LogP) is 4.14. The quantitative estimate of drug-likeness (QED) is 0.285. The fourth-order valence-corrected chi connectivity index (χ4v) is 3.74. The highest BCUT2D eigenvalue weighted by atomic mass is 32.2. The lowest BCUT2D eigenvalue weighted by atomic mass is 10.2. The molecule has 0 aliphatic carbocycles. The van der Waals surface area contributed by atoms with E-state index in [-0.39, 0.29) is 17.6 Å². The van der Waals surface area contributed by atoms with Gasteiger partial charge in [-0.05, 0) is 42.1 Å². The molecule has 0 aliphatic heterocycles. The number of carbonyl (C=O) groups excluding carboxylic acids is 2. The molecule has 1 aromatic carbocycles. The number of nitrogens with one attached hydrogen (secondary N) is 2. The van der Waals surface area contributed by atoms with Crippen molar-refractivity contribution in [1.82, 2.24) is 15.2 Å². The molecule has 0 saturated heterocycles. The van der Waals surface area contributed by atoms with Crippen molar-refractivity contribution in [1.29, 1.82) is 0 Å². The highest BCUT2D eigenvalue weighted by Gasteiger charge is 2.10. The van der Waals surface area contributed by atoms with Gasteiger partial charge in [-0.2, -0.15) is 0 Å². The number of amides is 1. The number of thiophene rings is 1. The van der Waals surface area contributed by atoms with Gasteiger partial charge in [-0.3, -0.25) is 9.89 Å². The number of rotatable bonds is 10. The van der Waals surface area contributed by atoms with E-state index in [0.29, 0.717) is 29.4 Å². The molecule has 2 aromatic heterocycles. The molecule has 0 spiro atoms. The van der Waals surface area contributed by atoms with Gasteiger partial charge in [0.15, 0.2) is 0 Å². The maximum absolute atomic E-state index is 12.2. The Hall–Kier alpha value is -2.65. The lowest BCUT2D eigenvalue weighted by Crippen LogP contribution is -2.14. The van der Waals surface area contributed by atoms with Crippen LogP contribution < -0.4 is 5.32 Å². The number of H-pyrrole nitrogens is 1. The molecule has 152 valence electrons. The molecule has 9 heteroatoms. The molecule has 3 rings (SSSR count). The monoisotopic (exact) mass is 430 g/mol. The van der Waals surface area contributed by atoms with Crippen LogP contribution in [0.5, 0.6) is 0 Å². The number of thioether (sulfide) groups is 1. The van der Waals surface area contributed by atoms with Crippen molar-refractivity contribution >= 4 is 40.7 Å². The summed E-state index contributed by atoms with van der Waals surface area (Å²) in [6, 6.07) is 10.7. The summed E-state index contributed by atoms with van der Waals surface area (Å²) in [5, 5.41) is 12.4. The average molecular weight is 431 g/mol. The lowest BCUT2D eigenvalue weighted by Gasteiger charge is -2.06. The average Bonchev–Trinajstić information content (AvgIpc) is 3.39. The van der Waals surface area contributed by atoms with Crippen molar-refractivity contribution in [3.63, 3.8) is 0 Å². The molecule has 0 aliphatic rings. The van der Waals surface area contributed by atoms with Crippen LogP contribution in [0.3, 0.4) is 0 Å². The molecule has 2 N–H and O–H groups in total. The maximum Gasteiger partial charge on any atom is 0.338 e. The number of benzene rings is 1. The number of ether oxygens (including phenoxy) is 1. The lowest BCUT2D eigenvalue weighted by molar-refractivity contribution is -0.113.